The Morgan fingerprint density at radius 2 is 1.94 bits per heavy atom. The van der Waals surface area contributed by atoms with Gasteiger partial charge in [0.05, 0.1) is 26.3 Å². The highest BCUT2D eigenvalue weighted by Crippen LogP contribution is 2.33. The molecule has 3 heterocycles. The van der Waals surface area contributed by atoms with Crippen LogP contribution in [0.2, 0.25) is 0 Å². The molecule has 2 N–H and O–H groups in total. The number of benzene rings is 2. The predicted octanol–water partition coefficient (Wildman–Crippen LogP) is 4.27. The topological polar surface area (TPSA) is 83.3 Å². The van der Waals surface area contributed by atoms with E-state index in [4.69, 9.17) is 0 Å². The van der Waals surface area contributed by atoms with Crippen molar-refractivity contribution >= 4 is 45.1 Å². The molecule has 1 saturated heterocycles. The normalized spacial score (nSPS) is 15.8. The summed E-state index contributed by atoms with van der Waals surface area (Å²) in [6.45, 7) is 0.999. The minimum Gasteiger partial charge on any atom is -0.383 e. The van der Waals surface area contributed by atoms with Gasteiger partial charge in [0.2, 0.25) is 0 Å². The van der Waals surface area contributed by atoms with Crippen molar-refractivity contribution in [3.8, 4) is 0 Å². The summed E-state index contributed by atoms with van der Waals surface area (Å²) in [7, 11) is 1.84. The predicted molar refractivity (Wildman–Crippen MR) is 128 cm³/mol. The minimum atomic E-state index is -0.969. The van der Waals surface area contributed by atoms with Crippen LogP contribution in [0.4, 0.5) is 5.69 Å². The zero-order chi connectivity index (χ0) is 22.1. The molecular formula is C23H23N5O2S2. The molecule has 1 aliphatic rings. The molecule has 0 aliphatic carbocycles. The molecule has 32 heavy (non-hydrogen) atoms. The number of piperidine rings is 1. The average molecular weight is 466 g/mol. The summed E-state index contributed by atoms with van der Waals surface area (Å²) >= 11 is 3.14. The number of amides is 1. The number of aryl methyl sites for hydroxylation is 1. The van der Waals surface area contributed by atoms with E-state index in [0.29, 0.717) is 37.2 Å². The first-order chi connectivity index (χ1) is 15.5. The average Bonchev–Trinajstić information content (AvgIpc) is 3.48. The molecule has 7 nitrogen and oxygen atoms in total. The fourth-order valence-electron chi connectivity index (χ4n) is 3.92. The molecule has 2 aromatic heterocycles. The lowest BCUT2D eigenvalue weighted by Crippen LogP contribution is -2.45. The van der Waals surface area contributed by atoms with Crippen LogP contribution in [0.15, 0.2) is 65.1 Å². The summed E-state index contributed by atoms with van der Waals surface area (Å²) in [5.74, 6) is -0.0143. The molecule has 0 saturated carbocycles. The summed E-state index contributed by atoms with van der Waals surface area (Å²) in [5.41, 5.74) is 4.12. The highest BCUT2D eigenvalue weighted by atomic mass is 32.2. The maximum atomic E-state index is 13.0. The fourth-order valence-corrected chi connectivity index (χ4v) is 5.46. The van der Waals surface area contributed by atoms with Gasteiger partial charge in [0.15, 0.2) is 0 Å². The molecule has 164 valence electrons. The van der Waals surface area contributed by atoms with Gasteiger partial charge < -0.3 is 14.7 Å². The molecule has 4 aromatic rings. The van der Waals surface area contributed by atoms with Crippen LogP contribution in [-0.4, -0.2) is 43.8 Å². The van der Waals surface area contributed by atoms with Gasteiger partial charge in [0.25, 0.3) is 5.91 Å². The number of nitrogens with zero attached hydrogens (tertiary/aromatic N) is 4. The minimum absolute atomic E-state index is 0.0143. The van der Waals surface area contributed by atoms with Gasteiger partial charge in [0.1, 0.15) is 5.60 Å². The second-order valence-electron chi connectivity index (χ2n) is 7.94. The molecule has 1 aliphatic heterocycles. The molecule has 0 atom stereocenters. The Bertz CT molecular complexity index is 1240. The molecule has 1 fully saturated rings. The number of hydrogen-bond donors (Lipinski definition) is 2. The summed E-state index contributed by atoms with van der Waals surface area (Å²) in [4.78, 5) is 20.3. The number of likely N-dealkylation sites (tertiary alicyclic amines) is 1. The zero-order valence-corrected chi connectivity index (χ0v) is 19.2. The number of anilines is 1. The van der Waals surface area contributed by atoms with E-state index in [0.717, 1.165) is 20.8 Å². The van der Waals surface area contributed by atoms with Crippen molar-refractivity contribution in [3.05, 3.63) is 71.5 Å². The van der Waals surface area contributed by atoms with Gasteiger partial charge in [0, 0.05) is 37.6 Å². The Hall–Kier alpha value is -2.88. The highest BCUT2D eigenvalue weighted by Gasteiger charge is 2.37. The number of aliphatic hydroxyl groups is 1. The van der Waals surface area contributed by atoms with Crippen LogP contribution in [0.25, 0.3) is 10.2 Å². The quantitative estimate of drug-likeness (QED) is 0.428. The smallest absolute Gasteiger partial charge is 0.253 e. The van der Waals surface area contributed by atoms with E-state index in [1.165, 1.54) is 11.9 Å². The van der Waals surface area contributed by atoms with Gasteiger partial charge in [-0.25, -0.2) is 4.98 Å². The van der Waals surface area contributed by atoms with Gasteiger partial charge in [-0.05, 0) is 67.3 Å². The second-order valence-corrected chi connectivity index (χ2v) is 9.67. The lowest BCUT2D eigenvalue weighted by atomic mass is 9.88. The third kappa shape index (κ3) is 4.11. The van der Waals surface area contributed by atoms with Crippen molar-refractivity contribution in [2.45, 2.75) is 23.3 Å². The van der Waals surface area contributed by atoms with Gasteiger partial charge >= 0.3 is 0 Å². The molecule has 0 bridgehead atoms. The van der Waals surface area contributed by atoms with E-state index in [9.17, 15) is 9.90 Å². The molecule has 5 rings (SSSR count). The number of thiazole rings is 1. The Balaban J connectivity index is 1.20. The van der Waals surface area contributed by atoms with Crippen molar-refractivity contribution in [2.24, 2.45) is 7.05 Å². The number of hydrogen-bond acceptors (Lipinski definition) is 7. The van der Waals surface area contributed by atoms with Gasteiger partial charge in [-0.15, -0.1) is 11.3 Å². The van der Waals surface area contributed by atoms with Crippen LogP contribution in [0.3, 0.4) is 0 Å². The van der Waals surface area contributed by atoms with E-state index in [-0.39, 0.29) is 5.91 Å². The number of para-hydroxylation sites is 1. The number of carbonyl (C=O) groups excluding carboxylic acids is 1. The van der Waals surface area contributed by atoms with Crippen LogP contribution in [-0.2, 0) is 12.6 Å². The van der Waals surface area contributed by atoms with Crippen molar-refractivity contribution in [3.63, 3.8) is 0 Å². The molecule has 2 aromatic carbocycles. The van der Waals surface area contributed by atoms with Crippen molar-refractivity contribution in [1.29, 1.82) is 0 Å². The first-order valence-corrected chi connectivity index (χ1v) is 12.1. The van der Waals surface area contributed by atoms with Crippen molar-refractivity contribution < 1.29 is 9.90 Å². The molecule has 0 spiro atoms. The van der Waals surface area contributed by atoms with E-state index in [1.807, 2.05) is 61.2 Å². The molecule has 0 radical (unpaired) electrons. The molecule has 9 heteroatoms. The third-order valence-corrected chi connectivity index (χ3v) is 7.48. The Morgan fingerprint density at radius 1 is 1.16 bits per heavy atom. The largest absolute Gasteiger partial charge is 0.383 e. The highest BCUT2D eigenvalue weighted by molar-refractivity contribution is 8.00. The Labute approximate surface area is 194 Å². The SMILES string of the molecule is Cn1ccc(C2(O)CCN(C(=O)c3ccc(NSc4cccc5scnc45)cc3)CC2)n1. The lowest BCUT2D eigenvalue weighted by Gasteiger charge is -2.37. The summed E-state index contributed by atoms with van der Waals surface area (Å²) in [6, 6.07) is 15.5. The van der Waals surface area contributed by atoms with Gasteiger partial charge in [-0.3, -0.25) is 9.48 Å². The van der Waals surface area contributed by atoms with Crippen LogP contribution in [0.5, 0.6) is 0 Å². The number of aromatic nitrogens is 3. The molecule has 1 amide bonds. The summed E-state index contributed by atoms with van der Waals surface area (Å²) in [6.07, 6.45) is 2.79. The second kappa shape index (κ2) is 8.57. The zero-order valence-electron chi connectivity index (χ0n) is 17.6. The van der Waals surface area contributed by atoms with Gasteiger partial charge in [-0.1, -0.05) is 6.07 Å². The number of rotatable bonds is 5. The summed E-state index contributed by atoms with van der Waals surface area (Å²) < 4.78 is 6.19. The van der Waals surface area contributed by atoms with Crippen LogP contribution in [0, 0.1) is 0 Å². The van der Waals surface area contributed by atoms with Crippen molar-refractivity contribution in [2.75, 3.05) is 17.8 Å². The Kier molecular flexibility index (Phi) is 5.62. The van der Waals surface area contributed by atoms with Crippen LogP contribution < -0.4 is 4.72 Å². The maximum absolute atomic E-state index is 13.0. The van der Waals surface area contributed by atoms with E-state index >= 15 is 0 Å². The van der Waals surface area contributed by atoms with Gasteiger partial charge in [-0.2, -0.15) is 5.10 Å². The van der Waals surface area contributed by atoms with E-state index in [2.05, 4.69) is 20.9 Å². The number of carbonyl (C=O) groups is 1. The fraction of sp³-hybridized carbons (Fsp3) is 0.261. The first-order valence-electron chi connectivity index (χ1n) is 10.4. The first kappa shape index (κ1) is 21.0. The maximum Gasteiger partial charge on any atom is 0.253 e. The lowest BCUT2D eigenvalue weighted by molar-refractivity contribution is -0.0247. The Morgan fingerprint density at radius 3 is 2.66 bits per heavy atom. The van der Waals surface area contributed by atoms with Crippen molar-refractivity contribution in [1.82, 2.24) is 19.7 Å². The number of nitrogens with one attached hydrogen (secondary N) is 1. The third-order valence-electron chi connectivity index (χ3n) is 5.80. The number of fused-ring (bicyclic) bond motifs is 1. The molecular weight excluding hydrogens is 442 g/mol. The van der Waals surface area contributed by atoms with E-state index < -0.39 is 5.60 Å². The standard InChI is InChI=1S/C23H23N5O2S2/c1-27-12-9-20(25-27)23(30)10-13-28(14-11-23)22(29)16-5-7-17(8-6-16)26-32-19-4-2-3-18-21(19)24-15-31-18/h2-9,12,15,26,30H,10-11,13-14H2,1H3. The van der Waals surface area contributed by atoms with E-state index in [1.54, 1.807) is 20.9 Å². The van der Waals surface area contributed by atoms with Crippen LogP contribution >= 0.6 is 23.3 Å². The molecule has 0 unspecified atom stereocenters. The summed E-state index contributed by atoms with van der Waals surface area (Å²) in [5, 5.41) is 15.3. The van der Waals surface area contributed by atoms with Crippen LogP contribution in [0.1, 0.15) is 28.9 Å². The monoisotopic (exact) mass is 465 g/mol.